The number of aryl methyl sites for hydroxylation is 1. The van der Waals surface area contributed by atoms with Gasteiger partial charge < -0.3 is 14.8 Å². The smallest absolute Gasteiger partial charge is 0.261 e. The number of fused-ring (bicyclic) bond motifs is 1. The van der Waals surface area contributed by atoms with Gasteiger partial charge in [-0.2, -0.15) is 0 Å². The number of nitrogens with one attached hydrogen (secondary N) is 1. The fourth-order valence-electron chi connectivity index (χ4n) is 3.76. The molecule has 3 rings (SSSR count). The third-order valence-corrected chi connectivity index (χ3v) is 6.79. The summed E-state index contributed by atoms with van der Waals surface area (Å²) in [6.07, 6.45) is 1.61. The van der Waals surface area contributed by atoms with Crippen LogP contribution in [0.3, 0.4) is 0 Å². The lowest BCUT2D eigenvalue weighted by molar-refractivity contribution is -0.129. The number of carbonyl (C=O) groups is 1. The number of ether oxygens (including phenoxy) is 2. The van der Waals surface area contributed by atoms with E-state index in [2.05, 4.69) is 5.32 Å². The molecule has 0 saturated heterocycles. The quantitative estimate of drug-likeness (QED) is 0.676. The summed E-state index contributed by atoms with van der Waals surface area (Å²) in [5, 5.41) is 3.14. The molecule has 0 saturated carbocycles. The van der Waals surface area contributed by atoms with Crippen molar-refractivity contribution in [2.45, 2.75) is 58.3 Å². The van der Waals surface area contributed by atoms with Crippen molar-refractivity contribution >= 4 is 21.6 Å². The largest absolute Gasteiger partial charge is 0.487 e. The number of sulfonamides is 1. The van der Waals surface area contributed by atoms with Crippen molar-refractivity contribution in [2.24, 2.45) is 0 Å². The predicted octanol–water partition coefficient (Wildman–Crippen LogP) is 3.97. The number of amides is 1. The van der Waals surface area contributed by atoms with Crippen molar-refractivity contribution in [2.75, 3.05) is 17.6 Å². The minimum absolute atomic E-state index is 0.176. The highest BCUT2D eigenvalue weighted by Crippen LogP contribution is 2.40. The minimum atomic E-state index is -3.34. The van der Waals surface area contributed by atoms with Crippen LogP contribution in [0.1, 0.15) is 50.8 Å². The van der Waals surface area contributed by atoms with Crippen LogP contribution in [0.15, 0.2) is 42.5 Å². The molecule has 0 unspecified atom stereocenters. The third kappa shape index (κ3) is 5.54. The Labute approximate surface area is 190 Å². The van der Waals surface area contributed by atoms with E-state index in [1.54, 1.807) is 24.3 Å². The first-order valence-electron chi connectivity index (χ1n) is 10.7. The Morgan fingerprint density at radius 3 is 2.50 bits per heavy atom. The van der Waals surface area contributed by atoms with Gasteiger partial charge in [-0.05, 0) is 63.1 Å². The molecule has 1 heterocycles. The Morgan fingerprint density at radius 2 is 1.91 bits per heavy atom. The maximum Gasteiger partial charge on any atom is 0.261 e. The zero-order chi connectivity index (χ0) is 23.7. The van der Waals surface area contributed by atoms with Gasteiger partial charge in [-0.15, -0.1) is 0 Å². The first-order valence-corrected chi connectivity index (χ1v) is 12.5. The standard InChI is InChI=1S/C24H32N2O5S/c1-7-21(30-18-11-9-17(10-12-18)26(5)32(6,28)29)23(27)25-20-15-24(3,4)31-22-14-16(2)8-13-19(20)22/h8-14,20-21H,7,15H2,1-6H3,(H,25,27)/t20-,21-/m0/s1. The molecule has 1 aliphatic heterocycles. The van der Waals surface area contributed by atoms with E-state index < -0.39 is 21.7 Å². The molecule has 2 aromatic carbocycles. The number of benzene rings is 2. The Kier molecular flexibility index (Phi) is 6.74. The van der Waals surface area contributed by atoms with E-state index in [0.29, 0.717) is 24.3 Å². The molecule has 0 radical (unpaired) electrons. The third-order valence-electron chi connectivity index (χ3n) is 5.58. The number of hydrogen-bond donors (Lipinski definition) is 1. The Morgan fingerprint density at radius 1 is 1.25 bits per heavy atom. The molecule has 1 N–H and O–H groups in total. The van der Waals surface area contributed by atoms with Gasteiger partial charge in [-0.3, -0.25) is 9.10 Å². The molecular weight excluding hydrogens is 428 g/mol. The second-order valence-corrected chi connectivity index (χ2v) is 10.9. The van der Waals surface area contributed by atoms with Crippen LogP contribution in [0.2, 0.25) is 0 Å². The van der Waals surface area contributed by atoms with E-state index in [4.69, 9.17) is 9.47 Å². The molecule has 0 spiro atoms. The molecule has 0 aromatic heterocycles. The van der Waals surface area contributed by atoms with Crippen LogP contribution in [0.4, 0.5) is 5.69 Å². The summed E-state index contributed by atoms with van der Waals surface area (Å²) in [6.45, 7) is 7.93. The lowest BCUT2D eigenvalue weighted by Crippen LogP contribution is -2.45. The van der Waals surface area contributed by atoms with Crippen molar-refractivity contribution in [1.82, 2.24) is 5.32 Å². The van der Waals surface area contributed by atoms with Gasteiger partial charge in [0.05, 0.1) is 18.0 Å². The Hall–Kier alpha value is -2.74. The van der Waals surface area contributed by atoms with E-state index in [1.807, 2.05) is 45.9 Å². The highest BCUT2D eigenvalue weighted by Gasteiger charge is 2.35. The highest BCUT2D eigenvalue weighted by molar-refractivity contribution is 7.92. The van der Waals surface area contributed by atoms with Gasteiger partial charge in [-0.25, -0.2) is 8.42 Å². The maximum absolute atomic E-state index is 13.1. The monoisotopic (exact) mass is 460 g/mol. The number of carbonyl (C=O) groups excluding carboxylic acids is 1. The Balaban J connectivity index is 1.73. The van der Waals surface area contributed by atoms with Gasteiger partial charge in [-0.1, -0.05) is 19.1 Å². The van der Waals surface area contributed by atoms with E-state index in [0.717, 1.165) is 23.1 Å². The molecule has 1 aliphatic rings. The number of hydrogen-bond acceptors (Lipinski definition) is 5. The van der Waals surface area contributed by atoms with Crippen LogP contribution >= 0.6 is 0 Å². The van der Waals surface area contributed by atoms with Gasteiger partial charge in [0.2, 0.25) is 10.0 Å². The summed E-state index contributed by atoms with van der Waals surface area (Å²) in [5.41, 5.74) is 2.19. The summed E-state index contributed by atoms with van der Waals surface area (Å²) in [5.74, 6) is 1.10. The molecule has 32 heavy (non-hydrogen) atoms. The summed E-state index contributed by atoms with van der Waals surface area (Å²) in [7, 11) is -1.86. The molecule has 1 amide bonds. The van der Waals surface area contributed by atoms with Gasteiger partial charge in [0.15, 0.2) is 6.10 Å². The van der Waals surface area contributed by atoms with Crippen molar-refractivity contribution in [3.8, 4) is 11.5 Å². The zero-order valence-corrected chi connectivity index (χ0v) is 20.3. The summed E-state index contributed by atoms with van der Waals surface area (Å²) >= 11 is 0. The maximum atomic E-state index is 13.1. The summed E-state index contributed by atoms with van der Waals surface area (Å²) < 4.78 is 36.6. The van der Waals surface area contributed by atoms with Gasteiger partial charge >= 0.3 is 0 Å². The van der Waals surface area contributed by atoms with Crippen molar-refractivity contribution < 1.29 is 22.7 Å². The summed E-state index contributed by atoms with van der Waals surface area (Å²) in [4.78, 5) is 13.1. The van der Waals surface area contributed by atoms with E-state index in [1.165, 1.54) is 11.4 Å². The topological polar surface area (TPSA) is 84.9 Å². The molecule has 174 valence electrons. The average molecular weight is 461 g/mol. The molecule has 0 aliphatic carbocycles. The fourth-order valence-corrected chi connectivity index (χ4v) is 4.27. The van der Waals surface area contributed by atoms with Crippen molar-refractivity contribution in [3.63, 3.8) is 0 Å². The van der Waals surface area contributed by atoms with E-state index >= 15 is 0 Å². The number of rotatable bonds is 7. The molecule has 0 fully saturated rings. The van der Waals surface area contributed by atoms with Crippen LogP contribution in [0.5, 0.6) is 11.5 Å². The predicted molar refractivity (Wildman–Crippen MR) is 126 cm³/mol. The normalized spacial score (nSPS) is 18.1. The van der Waals surface area contributed by atoms with Crippen LogP contribution in [-0.2, 0) is 14.8 Å². The number of anilines is 1. The molecule has 7 nitrogen and oxygen atoms in total. The van der Waals surface area contributed by atoms with Crippen LogP contribution in [0, 0.1) is 6.92 Å². The summed E-state index contributed by atoms with van der Waals surface area (Å²) in [6, 6.07) is 12.5. The van der Waals surface area contributed by atoms with Crippen LogP contribution in [0.25, 0.3) is 0 Å². The lowest BCUT2D eigenvalue weighted by atomic mass is 9.89. The van der Waals surface area contributed by atoms with Gasteiger partial charge in [0, 0.05) is 19.0 Å². The number of nitrogens with zero attached hydrogens (tertiary/aromatic N) is 1. The van der Waals surface area contributed by atoms with E-state index in [-0.39, 0.29) is 11.9 Å². The minimum Gasteiger partial charge on any atom is -0.487 e. The average Bonchev–Trinajstić information content (AvgIpc) is 2.70. The van der Waals surface area contributed by atoms with Crippen molar-refractivity contribution in [1.29, 1.82) is 0 Å². The first-order chi connectivity index (χ1) is 14.9. The van der Waals surface area contributed by atoms with Crippen LogP contribution < -0.4 is 19.1 Å². The SMILES string of the molecule is CC[C@H](Oc1ccc(N(C)S(C)(=O)=O)cc1)C(=O)N[C@H]1CC(C)(C)Oc2cc(C)ccc21. The zero-order valence-electron chi connectivity index (χ0n) is 19.5. The molecule has 0 bridgehead atoms. The first kappa shape index (κ1) is 23.9. The molecule has 2 aromatic rings. The fraction of sp³-hybridized carbons (Fsp3) is 0.458. The highest BCUT2D eigenvalue weighted by atomic mass is 32.2. The van der Waals surface area contributed by atoms with Gasteiger partial charge in [0.25, 0.3) is 5.91 Å². The Bertz CT molecular complexity index is 1080. The lowest BCUT2D eigenvalue weighted by Gasteiger charge is -2.38. The molecular formula is C24H32N2O5S. The van der Waals surface area contributed by atoms with Gasteiger partial charge in [0.1, 0.15) is 17.1 Å². The molecule has 8 heteroatoms. The van der Waals surface area contributed by atoms with E-state index in [9.17, 15) is 13.2 Å². The molecule has 2 atom stereocenters. The van der Waals surface area contributed by atoms with Crippen LogP contribution in [-0.4, -0.2) is 39.3 Å². The van der Waals surface area contributed by atoms with Crippen molar-refractivity contribution in [3.05, 3.63) is 53.6 Å². The second-order valence-electron chi connectivity index (χ2n) is 8.91. The second kappa shape index (κ2) is 9.02.